The molecule has 1 aromatic carbocycles. The largest absolute Gasteiger partial charge is 0.383 e. The SMILES string of the molecule is C[C@@H]1CN(c2ccc(NCCCCCN)c(F)c2F)CCO1. The molecule has 2 rings (SSSR count). The second-order valence-electron chi connectivity index (χ2n) is 5.66. The molecule has 1 saturated heterocycles. The van der Waals surface area contributed by atoms with Crippen LogP contribution in [-0.2, 0) is 4.74 Å². The van der Waals surface area contributed by atoms with Gasteiger partial charge >= 0.3 is 0 Å². The summed E-state index contributed by atoms with van der Waals surface area (Å²) in [7, 11) is 0. The lowest BCUT2D eigenvalue weighted by Gasteiger charge is -2.33. The minimum absolute atomic E-state index is 0.0246. The van der Waals surface area contributed by atoms with Gasteiger partial charge in [-0.2, -0.15) is 0 Å². The Labute approximate surface area is 130 Å². The van der Waals surface area contributed by atoms with E-state index >= 15 is 0 Å². The number of halogens is 2. The van der Waals surface area contributed by atoms with Gasteiger partial charge in [0, 0.05) is 19.6 Å². The van der Waals surface area contributed by atoms with Crippen molar-refractivity contribution in [2.45, 2.75) is 32.3 Å². The lowest BCUT2D eigenvalue weighted by Crippen LogP contribution is -2.41. The van der Waals surface area contributed by atoms with Crippen molar-refractivity contribution in [3.63, 3.8) is 0 Å². The van der Waals surface area contributed by atoms with Crippen LogP contribution in [0.5, 0.6) is 0 Å². The van der Waals surface area contributed by atoms with Gasteiger partial charge in [0.25, 0.3) is 0 Å². The summed E-state index contributed by atoms with van der Waals surface area (Å²) in [6.07, 6.45) is 2.85. The second kappa shape index (κ2) is 8.29. The highest BCUT2D eigenvalue weighted by molar-refractivity contribution is 5.57. The summed E-state index contributed by atoms with van der Waals surface area (Å²) in [4.78, 5) is 1.83. The molecule has 0 amide bonds. The van der Waals surface area contributed by atoms with Gasteiger partial charge in [0.05, 0.1) is 24.1 Å². The fourth-order valence-corrected chi connectivity index (χ4v) is 2.63. The molecule has 0 aromatic heterocycles. The van der Waals surface area contributed by atoms with Crippen molar-refractivity contribution >= 4 is 11.4 Å². The van der Waals surface area contributed by atoms with Crippen molar-refractivity contribution in [2.75, 3.05) is 43.0 Å². The number of hydrogen-bond acceptors (Lipinski definition) is 4. The van der Waals surface area contributed by atoms with Crippen LogP contribution in [0.1, 0.15) is 26.2 Å². The first kappa shape index (κ1) is 17.0. The first-order valence-corrected chi connectivity index (χ1v) is 7.92. The van der Waals surface area contributed by atoms with Crippen LogP contribution in [0.25, 0.3) is 0 Å². The maximum Gasteiger partial charge on any atom is 0.184 e. The molecule has 124 valence electrons. The number of unbranched alkanes of at least 4 members (excludes halogenated alkanes) is 2. The molecule has 1 fully saturated rings. The first-order chi connectivity index (χ1) is 10.6. The number of rotatable bonds is 7. The number of benzene rings is 1. The molecule has 1 heterocycles. The van der Waals surface area contributed by atoms with Gasteiger partial charge in [-0.3, -0.25) is 0 Å². The van der Waals surface area contributed by atoms with Crippen molar-refractivity contribution in [1.29, 1.82) is 0 Å². The topological polar surface area (TPSA) is 50.5 Å². The molecule has 4 nitrogen and oxygen atoms in total. The first-order valence-electron chi connectivity index (χ1n) is 7.92. The number of hydrogen-bond donors (Lipinski definition) is 2. The molecule has 1 aliphatic heterocycles. The Kier molecular flexibility index (Phi) is 6.39. The lowest BCUT2D eigenvalue weighted by molar-refractivity contribution is 0.0529. The van der Waals surface area contributed by atoms with Gasteiger partial charge < -0.3 is 20.7 Å². The summed E-state index contributed by atoms with van der Waals surface area (Å²) in [5.74, 6) is -1.60. The van der Waals surface area contributed by atoms with Crippen molar-refractivity contribution in [3.05, 3.63) is 23.8 Å². The van der Waals surface area contributed by atoms with Gasteiger partial charge in [0.2, 0.25) is 0 Å². The molecule has 1 aliphatic rings. The zero-order chi connectivity index (χ0) is 15.9. The van der Waals surface area contributed by atoms with E-state index in [9.17, 15) is 8.78 Å². The number of nitrogens with zero attached hydrogens (tertiary/aromatic N) is 1. The van der Waals surface area contributed by atoms with E-state index in [2.05, 4.69) is 5.32 Å². The molecule has 1 aromatic rings. The molecule has 0 unspecified atom stereocenters. The average molecular weight is 313 g/mol. The Bertz CT molecular complexity index is 485. The van der Waals surface area contributed by atoms with Gasteiger partial charge in [0.15, 0.2) is 11.6 Å². The standard InChI is InChI=1S/C16H25F2N3O/c1-12-11-21(9-10-22-12)14-6-5-13(15(17)16(14)18)20-8-4-2-3-7-19/h5-6,12,20H,2-4,7-11,19H2,1H3/t12-/m1/s1. The summed E-state index contributed by atoms with van der Waals surface area (Å²) >= 11 is 0. The second-order valence-corrected chi connectivity index (χ2v) is 5.66. The van der Waals surface area contributed by atoms with E-state index in [1.807, 2.05) is 11.8 Å². The average Bonchev–Trinajstić information content (AvgIpc) is 2.51. The van der Waals surface area contributed by atoms with E-state index in [1.165, 1.54) is 0 Å². The molecule has 6 heteroatoms. The number of ether oxygens (including phenoxy) is 1. The summed E-state index contributed by atoms with van der Waals surface area (Å²) in [5.41, 5.74) is 5.94. The Morgan fingerprint density at radius 3 is 2.82 bits per heavy atom. The molecule has 0 radical (unpaired) electrons. The van der Waals surface area contributed by atoms with Gasteiger partial charge in [-0.15, -0.1) is 0 Å². The number of nitrogens with two attached hydrogens (primary N) is 1. The van der Waals surface area contributed by atoms with Crippen LogP contribution in [0, 0.1) is 11.6 Å². The number of anilines is 2. The monoisotopic (exact) mass is 313 g/mol. The highest BCUT2D eigenvalue weighted by Crippen LogP contribution is 2.28. The van der Waals surface area contributed by atoms with Crippen molar-refractivity contribution in [2.24, 2.45) is 5.73 Å². The van der Waals surface area contributed by atoms with Gasteiger partial charge in [0.1, 0.15) is 0 Å². The van der Waals surface area contributed by atoms with Crippen molar-refractivity contribution in [3.8, 4) is 0 Å². The molecule has 3 N–H and O–H groups in total. The number of nitrogens with one attached hydrogen (secondary N) is 1. The van der Waals surface area contributed by atoms with E-state index in [-0.39, 0.29) is 11.8 Å². The highest BCUT2D eigenvalue weighted by Gasteiger charge is 2.22. The quantitative estimate of drug-likeness (QED) is 0.760. The fraction of sp³-hybridized carbons (Fsp3) is 0.625. The Balaban J connectivity index is 1.98. The van der Waals surface area contributed by atoms with E-state index in [1.54, 1.807) is 12.1 Å². The molecule has 0 saturated carbocycles. The summed E-state index contributed by atoms with van der Waals surface area (Å²) in [6.45, 7) is 4.88. The van der Waals surface area contributed by atoms with Crippen LogP contribution >= 0.6 is 0 Å². The van der Waals surface area contributed by atoms with E-state index < -0.39 is 11.6 Å². The third-order valence-corrected chi connectivity index (χ3v) is 3.84. The molecule has 22 heavy (non-hydrogen) atoms. The van der Waals surface area contributed by atoms with Crippen LogP contribution in [0.3, 0.4) is 0 Å². The Morgan fingerprint density at radius 1 is 1.27 bits per heavy atom. The van der Waals surface area contributed by atoms with E-state index in [0.29, 0.717) is 38.5 Å². The molecule has 1 atom stereocenters. The minimum atomic E-state index is -0.810. The third kappa shape index (κ3) is 4.30. The van der Waals surface area contributed by atoms with Crippen molar-refractivity contribution < 1.29 is 13.5 Å². The van der Waals surface area contributed by atoms with Crippen LogP contribution in [0.4, 0.5) is 20.2 Å². The van der Waals surface area contributed by atoms with Gasteiger partial charge in [-0.1, -0.05) is 6.42 Å². The molecule has 0 spiro atoms. The highest BCUT2D eigenvalue weighted by atomic mass is 19.2. The summed E-state index contributed by atoms with van der Waals surface area (Å²) in [6, 6.07) is 3.25. The normalized spacial score (nSPS) is 18.5. The summed E-state index contributed by atoms with van der Waals surface area (Å²) in [5, 5.41) is 2.95. The zero-order valence-corrected chi connectivity index (χ0v) is 13.1. The smallest absolute Gasteiger partial charge is 0.184 e. The molecular formula is C16H25F2N3O. The molecular weight excluding hydrogens is 288 g/mol. The predicted octanol–water partition coefficient (Wildman–Crippen LogP) is 2.73. The van der Waals surface area contributed by atoms with Crippen LogP contribution < -0.4 is 16.0 Å². The van der Waals surface area contributed by atoms with Crippen LogP contribution in [-0.4, -0.2) is 38.9 Å². The van der Waals surface area contributed by atoms with Crippen molar-refractivity contribution in [1.82, 2.24) is 0 Å². The Morgan fingerprint density at radius 2 is 2.09 bits per heavy atom. The molecule has 0 bridgehead atoms. The van der Waals surface area contributed by atoms with Gasteiger partial charge in [-0.05, 0) is 38.4 Å². The maximum atomic E-state index is 14.3. The third-order valence-electron chi connectivity index (χ3n) is 3.84. The zero-order valence-electron chi connectivity index (χ0n) is 13.1. The van der Waals surface area contributed by atoms with Gasteiger partial charge in [-0.25, -0.2) is 8.78 Å². The maximum absolute atomic E-state index is 14.3. The van der Waals surface area contributed by atoms with E-state index in [0.717, 1.165) is 19.3 Å². The van der Waals surface area contributed by atoms with Crippen LogP contribution in [0.15, 0.2) is 12.1 Å². The lowest BCUT2D eigenvalue weighted by atomic mass is 10.2. The fourth-order valence-electron chi connectivity index (χ4n) is 2.63. The van der Waals surface area contributed by atoms with Crippen LogP contribution in [0.2, 0.25) is 0 Å². The summed E-state index contributed by atoms with van der Waals surface area (Å²) < 4.78 is 33.9. The van der Waals surface area contributed by atoms with E-state index in [4.69, 9.17) is 10.5 Å². The number of morpholine rings is 1. The minimum Gasteiger partial charge on any atom is -0.383 e. The predicted molar refractivity (Wildman–Crippen MR) is 85.4 cm³/mol. The Hall–Kier alpha value is -1.40. The molecule has 0 aliphatic carbocycles.